The zero-order chi connectivity index (χ0) is 9.80. The van der Waals surface area contributed by atoms with Crippen molar-refractivity contribution in [1.82, 2.24) is 4.98 Å². The molecule has 1 aromatic carbocycles. The van der Waals surface area contributed by atoms with Gasteiger partial charge in [0, 0.05) is 12.3 Å². The first-order valence-corrected chi connectivity index (χ1v) is 4.36. The molecule has 69 valence electrons. The summed E-state index contributed by atoms with van der Waals surface area (Å²) in [5, 5.41) is 0. The summed E-state index contributed by atoms with van der Waals surface area (Å²) in [4.78, 5) is 4.07. The molecule has 0 bridgehead atoms. The van der Waals surface area contributed by atoms with Crippen LogP contribution in [0.3, 0.4) is 0 Å². The van der Waals surface area contributed by atoms with Crippen LogP contribution in [-0.4, -0.2) is 4.98 Å². The van der Waals surface area contributed by atoms with Crippen LogP contribution in [-0.2, 0) is 0 Å². The van der Waals surface area contributed by atoms with Crippen LogP contribution in [0.15, 0.2) is 48.7 Å². The highest BCUT2D eigenvalue weighted by Crippen LogP contribution is 2.22. The van der Waals surface area contributed by atoms with E-state index in [-0.39, 0.29) is 0 Å². The lowest BCUT2D eigenvalue weighted by Crippen LogP contribution is -1.88. The maximum Gasteiger partial charge on any atom is 0.219 e. The summed E-state index contributed by atoms with van der Waals surface area (Å²) in [6.45, 7) is 3.86. The Morgan fingerprint density at radius 2 is 1.79 bits per heavy atom. The molecule has 2 nitrogen and oxygen atoms in total. The molecule has 0 aliphatic carbocycles. The van der Waals surface area contributed by atoms with Gasteiger partial charge in [0.2, 0.25) is 5.88 Å². The number of benzene rings is 1. The number of aromatic nitrogens is 1. The lowest BCUT2D eigenvalue weighted by atomic mass is 10.2. The molecule has 0 saturated heterocycles. The molecule has 0 unspecified atom stereocenters. The fourth-order valence-corrected chi connectivity index (χ4v) is 1.12. The number of rotatable bonds is 2. The van der Waals surface area contributed by atoms with Gasteiger partial charge in [0.05, 0.1) is 0 Å². The fourth-order valence-electron chi connectivity index (χ4n) is 1.12. The first-order chi connectivity index (χ1) is 6.86. The fraction of sp³-hybridized carbons (Fsp3) is 0. The second-order valence-electron chi connectivity index (χ2n) is 2.88. The second kappa shape index (κ2) is 3.92. The van der Waals surface area contributed by atoms with Crippen molar-refractivity contribution < 1.29 is 4.74 Å². The van der Waals surface area contributed by atoms with Crippen LogP contribution in [0.5, 0.6) is 11.6 Å². The molecule has 14 heavy (non-hydrogen) atoms. The van der Waals surface area contributed by atoms with Crippen molar-refractivity contribution in [2.75, 3.05) is 0 Å². The van der Waals surface area contributed by atoms with Crippen molar-refractivity contribution in [2.24, 2.45) is 0 Å². The van der Waals surface area contributed by atoms with Gasteiger partial charge >= 0.3 is 0 Å². The highest BCUT2D eigenvalue weighted by molar-refractivity contribution is 5.37. The molecule has 0 saturated carbocycles. The van der Waals surface area contributed by atoms with E-state index in [2.05, 4.69) is 11.9 Å². The molecule has 0 spiro atoms. The third-order valence-corrected chi connectivity index (χ3v) is 1.82. The average Bonchev–Trinajstić information content (AvgIpc) is 2.23. The third-order valence-electron chi connectivity index (χ3n) is 1.82. The summed E-state index contributed by atoms with van der Waals surface area (Å²) in [5.41, 5.74) is 0.859. The van der Waals surface area contributed by atoms with Gasteiger partial charge in [-0.25, -0.2) is 4.98 Å². The monoisotopic (exact) mass is 184 g/mol. The van der Waals surface area contributed by atoms with Crippen LogP contribution in [0.4, 0.5) is 0 Å². The Balaban J connectivity index is 2.24. The Morgan fingerprint density at radius 3 is 2.50 bits per heavy atom. The van der Waals surface area contributed by atoms with Crippen molar-refractivity contribution in [3.05, 3.63) is 61.1 Å². The van der Waals surface area contributed by atoms with Crippen LogP contribution >= 0.6 is 0 Å². The number of hydrogen-bond donors (Lipinski definition) is 0. The van der Waals surface area contributed by atoms with E-state index in [1.165, 1.54) is 0 Å². The summed E-state index contributed by atoms with van der Waals surface area (Å²) in [6.07, 6.45) is 1.70. The Morgan fingerprint density at radius 1 is 1.00 bits per heavy atom. The van der Waals surface area contributed by atoms with E-state index in [1.54, 1.807) is 6.20 Å². The van der Waals surface area contributed by atoms with E-state index in [1.807, 2.05) is 42.5 Å². The Kier molecular flexibility index (Phi) is 2.45. The van der Waals surface area contributed by atoms with Crippen LogP contribution in [0, 0.1) is 6.92 Å². The SMILES string of the molecule is [CH2]c1ccccc1Oc1ccccn1. The lowest BCUT2D eigenvalue weighted by Gasteiger charge is -2.06. The number of pyridine rings is 1. The topological polar surface area (TPSA) is 22.1 Å². The molecule has 1 heterocycles. The first-order valence-electron chi connectivity index (χ1n) is 4.36. The summed E-state index contributed by atoms with van der Waals surface area (Å²) >= 11 is 0. The molecule has 2 aromatic rings. The van der Waals surface area contributed by atoms with Crippen molar-refractivity contribution >= 4 is 0 Å². The normalized spacial score (nSPS) is 9.79. The Hall–Kier alpha value is -1.83. The third kappa shape index (κ3) is 1.91. The number of para-hydroxylation sites is 1. The predicted molar refractivity (Wildman–Crippen MR) is 55.2 cm³/mol. The summed E-state index contributed by atoms with van der Waals surface area (Å²) in [6, 6.07) is 13.2. The predicted octanol–water partition coefficient (Wildman–Crippen LogP) is 3.06. The molecular formula is C12H10NO. The molecule has 1 aromatic heterocycles. The quantitative estimate of drug-likeness (QED) is 0.715. The summed E-state index contributed by atoms with van der Waals surface area (Å²) in [7, 11) is 0. The van der Waals surface area contributed by atoms with Gasteiger partial charge in [-0.1, -0.05) is 24.3 Å². The Bertz CT molecular complexity index is 412. The standard InChI is InChI=1S/C12H10NO/c1-10-6-2-3-7-11(10)14-12-8-4-5-9-13-12/h2-9H,1H2. The molecule has 0 atom stereocenters. The van der Waals surface area contributed by atoms with Crippen LogP contribution in [0.1, 0.15) is 5.56 Å². The van der Waals surface area contributed by atoms with E-state index < -0.39 is 0 Å². The molecule has 2 heteroatoms. The molecule has 1 radical (unpaired) electrons. The minimum Gasteiger partial charge on any atom is -0.439 e. The van der Waals surface area contributed by atoms with Crippen molar-refractivity contribution in [1.29, 1.82) is 0 Å². The molecule has 0 N–H and O–H groups in total. The summed E-state index contributed by atoms with van der Waals surface area (Å²) < 4.78 is 5.54. The molecule has 0 aliphatic rings. The first kappa shape index (κ1) is 8.75. The smallest absolute Gasteiger partial charge is 0.219 e. The van der Waals surface area contributed by atoms with Crippen molar-refractivity contribution in [2.45, 2.75) is 0 Å². The van der Waals surface area contributed by atoms with E-state index >= 15 is 0 Å². The minimum atomic E-state index is 0.587. The second-order valence-corrected chi connectivity index (χ2v) is 2.88. The number of nitrogens with zero attached hydrogens (tertiary/aromatic N) is 1. The maximum absolute atomic E-state index is 5.54. The highest BCUT2D eigenvalue weighted by atomic mass is 16.5. The van der Waals surface area contributed by atoms with Gasteiger partial charge in [-0.3, -0.25) is 0 Å². The maximum atomic E-state index is 5.54. The summed E-state index contributed by atoms with van der Waals surface area (Å²) in [5.74, 6) is 1.33. The minimum absolute atomic E-state index is 0.587. The molecular weight excluding hydrogens is 174 g/mol. The lowest BCUT2D eigenvalue weighted by molar-refractivity contribution is 0.461. The van der Waals surface area contributed by atoms with Gasteiger partial charge in [0.1, 0.15) is 5.75 Å². The Labute approximate surface area is 83.2 Å². The zero-order valence-electron chi connectivity index (χ0n) is 7.68. The van der Waals surface area contributed by atoms with Crippen LogP contribution < -0.4 is 4.74 Å². The van der Waals surface area contributed by atoms with Gasteiger partial charge in [-0.15, -0.1) is 0 Å². The van der Waals surface area contributed by atoms with Gasteiger partial charge in [-0.05, 0) is 24.6 Å². The van der Waals surface area contributed by atoms with Gasteiger partial charge < -0.3 is 4.74 Å². The van der Waals surface area contributed by atoms with Crippen LogP contribution in [0.25, 0.3) is 0 Å². The average molecular weight is 184 g/mol. The van der Waals surface area contributed by atoms with E-state index in [0.717, 1.165) is 11.3 Å². The van der Waals surface area contributed by atoms with Gasteiger partial charge in [-0.2, -0.15) is 0 Å². The molecule has 0 fully saturated rings. The largest absolute Gasteiger partial charge is 0.439 e. The van der Waals surface area contributed by atoms with E-state index in [4.69, 9.17) is 4.74 Å². The zero-order valence-corrected chi connectivity index (χ0v) is 7.68. The van der Waals surface area contributed by atoms with Gasteiger partial charge in [0.25, 0.3) is 0 Å². The van der Waals surface area contributed by atoms with Crippen LogP contribution in [0.2, 0.25) is 0 Å². The molecule has 0 amide bonds. The van der Waals surface area contributed by atoms with Gasteiger partial charge in [0.15, 0.2) is 0 Å². The number of ether oxygens (including phenoxy) is 1. The van der Waals surface area contributed by atoms with Crippen molar-refractivity contribution in [3.63, 3.8) is 0 Å². The highest BCUT2D eigenvalue weighted by Gasteiger charge is 1.99. The van der Waals surface area contributed by atoms with E-state index in [9.17, 15) is 0 Å². The molecule has 2 rings (SSSR count). The molecule has 0 aliphatic heterocycles. The van der Waals surface area contributed by atoms with E-state index in [0.29, 0.717) is 5.88 Å². The number of hydrogen-bond acceptors (Lipinski definition) is 2. The van der Waals surface area contributed by atoms with Crippen molar-refractivity contribution in [3.8, 4) is 11.6 Å².